The van der Waals surface area contributed by atoms with Gasteiger partial charge in [-0.1, -0.05) is 0 Å². The molecule has 0 aromatic heterocycles. The number of piperidine rings is 1. The fraction of sp³-hybridized carbons (Fsp3) is 1.00. The van der Waals surface area contributed by atoms with Gasteiger partial charge in [0.05, 0.1) is 0 Å². The van der Waals surface area contributed by atoms with Crippen LogP contribution in [0.15, 0.2) is 0 Å². The van der Waals surface area contributed by atoms with Gasteiger partial charge in [-0.2, -0.15) is 0 Å². The van der Waals surface area contributed by atoms with E-state index in [1.165, 1.54) is 0 Å². The molecule has 78 valence electrons. The second-order valence-corrected chi connectivity index (χ2v) is 5.11. The molecule has 0 bridgehead atoms. The van der Waals surface area contributed by atoms with Crippen LogP contribution in [0.3, 0.4) is 0 Å². The zero-order valence-corrected chi connectivity index (χ0v) is 9.11. The minimum Gasteiger partial charge on any atom is -0.329 e. The van der Waals surface area contributed by atoms with E-state index in [9.17, 15) is 0 Å². The number of hydrogen-bond acceptors (Lipinski definition) is 3. The van der Waals surface area contributed by atoms with Gasteiger partial charge in [-0.05, 0) is 46.7 Å². The van der Waals surface area contributed by atoms with Crippen LogP contribution >= 0.6 is 0 Å². The van der Waals surface area contributed by atoms with Gasteiger partial charge in [-0.3, -0.25) is 0 Å². The van der Waals surface area contributed by atoms with Gasteiger partial charge >= 0.3 is 0 Å². The second-order valence-electron chi connectivity index (χ2n) is 5.11. The van der Waals surface area contributed by atoms with Gasteiger partial charge in [-0.25, -0.2) is 0 Å². The molecule has 3 nitrogen and oxygen atoms in total. The van der Waals surface area contributed by atoms with Crippen molar-refractivity contribution >= 4 is 0 Å². The smallest absolute Gasteiger partial charge is 0.0332 e. The molecule has 1 heterocycles. The third-order valence-corrected chi connectivity index (χ3v) is 2.59. The van der Waals surface area contributed by atoms with Gasteiger partial charge in [0, 0.05) is 17.6 Å². The van der Waals surface area contributed by atoms with Gasteiger partial charge in [-0.15, -0.1) is 0 Å². The van der Waals surface area contributed by atoms with Crippen LogP contribution in [0.4, 0.5) is 0 Å². The molecular formula is C10H23N3. The summed E-state index contributed by atoms with van der Waals surface area (Å²) in [7, 11) is 0. The van der Waals surface area contributed by atoms with Crippen LogP contribution in [0.2, 0.25) is 0 Å². The minimum atomic E-state index is 0.163. The maximum Gasteiger partial charge on any atom is 0.0332 e. The fourth-order valence-electron chi connectivity index (χ4n) is 2.08. The van der Waals surface area contributed by atoms with Crippen LogP contribution in [0.5, 0.6) is 0 Å². The van der Waals surface area contributed by atoms with E-state index in [1.807, 2.05) is 0 Å². The topological polar surface area (TPSA) is 50.1 Å². The highest BCUT2D eigenvalue weighted by Gasteiger charge is 2.33. The molecule has 1 fully saturated rings. The zero-order chi connectivity index (χ0) is 9.95. The summed E-state index contributed by atoms with van der Waals surface area (Å²) < 4.78 is 0. The Morgan fingerprint density at radius 1 is 1.31 bits per heavy atom. The predicted molar refractivity (Wildman–Crippen MR) is 56.8 cm³/mol. The van der Waals surface area contributed by atoms with Crippen molar-refractivity contribution in [3.05, 3.63) is 0 Å². The lowest BCUT2D eigenvalue weighted by atomic mass is 9.86. The average Bonchev–Trinajstić information content (AvgIpc) is 2.03. The summed E-state index contributed by atoms with van der Waals surface area (Å²) in [6.45, 7) is 9.51. The Morgan fingerprint density at radius 2 is 1.85 bits per heavy atom. The van der Waals surface area contributed by atoms with E-state index in [0.717, 1.165) is 32.5 Å². The standard InChI is InChI=1S/C10H23N3/c1-9(2,3)13-10(8-11)4-6-12-7-5-10/h12-13H,4-8,11H2,1-3H3. The Kier molecular flexibility index (Phi) is 3.33. The molecule has 1 rings (SSSR count). The Bertz CT molecular complexity index is 154. The number of nitrogens with two attached hydrogens (primary N) is 1. The van der Waals surface area contributed by atoms with Crippen LogP contribution in [-0.2, 0) is 0 Å². The lowest BCUT2D eigenvalue weighted by Crippen LogP contribution is -2.62. The van der Waals surface area contributed by atoms with Gasteiger partial charge in [0.25, 0.3) is 0 Å². The van der Waals surface area contributed by atoms with Crippen molar-refractivity contribution in [1.29, 1.82) is 0 Å². The molecule has 0 aromatic rings. The lowest BCUT2D eigenvalue weighted by molar-refractivity contribution is 0.195. The molecule has 0 atom stereocenters. The molecule has 0 aromatic carbocycles. The fourth-order valence-corrected chi connectivity index (χ4v) is 2.08. The van der Waals surface area contributed by atoms with Crippen molar-refractivity contribution in [2.24, 2.45) is 5.73 Å². The molecule has 0 radical (unpaired) electrons. The van der Waals surface area contributed by atoms with Crippen molar-refractivity contribution in [2.75, 3.05) is 19.6 Å². The summed E-state index contributed by atoms with van der Waals surface area (Å²) in [5.41, 5.74) is 6.19. The van der Waals surface area contributed by atoms with Gasteiger partial charge in [0.1, 0.15) is 0 Å². The van der Waals surface area contributed by atoms with E-state index in [1.54, 1.807) is 0 Å². The van der Waals surface area contributed by atoms with Gasteiger partial charge in [0.15, 0.2) is 0 Å². The Morgan fingerprint density at radius 3 is 2.23 bits per heavy atom. The highest BCUT2D eigenvalue weighted by atomic mass is 15.1. The van der Waals surface area contributed by atoms with Crippen molar-refractivity contribution < 1.29 is 0 Å². The van der Waals surface area contributed by atoms with E-state index in [4.69, 9.17) is 5.73 Å². The van der Waals surface area contributed by atoms with E-state index >= 15 is 0 Å². The van der Waals surface area contributed by atoms with Crippen molar-refractivity contribution in [2.45, 2.75) is 44.7 Å². The predicted octanol–water partition coefficient (Wildman–Crippen LogP) is 0.455. The molecule has 1 saturated heterocycles. The molecular weight excluding hydrogens is 162 g/mol. The highest BCUT2D eigenvalue weighted by Crippen LogP contribution is 2.20. The van der Waals surface area contributed by atoms with Crippen molar-refractivity contribution in [3.8, 4) is 0 Å². The summed E-state index contributed by atoms with van der Waals surface area (Å²) in [6.07, 6.45) is 2.28. The van der Waals surface area contributed by atoms with E-state index in [2.05, 4.69) is 31.4 Å². The summed E-state index contributed by atoms with van der Waals surface area (Å²) >= 11 is 0. The van der Waals surface area contributed by atoms with Crippen molar-refractivity contribution in [1.82, 2.24) is 10.6 Å². The van der Waals surface area contributed by atoms with Crippen LogP contribution in [0.25, 0.3) is 0 Å². The summed E-state index contributed by atoms with van der Waals surface area (Å²) in [4.78, 5) is 0. The molecule has 0 spiro atoms. The monoisotopic (exact) mass is 185 g/mol. The first-order valence-corrected chi connectivity index (χ1v) is 5.18. The SMILES string of the molecule is CC(C)(C)NC1(CN)CCNCC1. The molecule has 13 heavy (non-hydrogen) atoms. The largest absolute Gasteiger partial charge is 0.329 e. The maximum absolute atomic E-state index is 5.86. The van der Waals surface area contributed by atoms with Crippen molar-refractivity contribution in [3.63, 3.8) is 0 Å². The highest BCUT2D eigenvalue weighted by molar-refractivity contribution is 4.96. The molecule has 0 unspecified atom stereocenters. The first kappa shape index (κ1) is 11.0. The third-order valence-electron chi connectivity index (χ3n) is 2.59. The Hall–Kier alpha value is -0.120. The molecule has 1 aliphatic rings. The quantitative estimate of drug-likeness (QED) is 0.585. The number of hydrogen-bond donors (Lipinski definition) is 3. The van der Waals surface area contributed by atoms with Gasteiger partial charge in [0.2, 0.25) is 0 Å². The normalized spacial score (nSPS) is 23.1. The molecule has 0 saturated carbocycles. The molecule has 4 N–H and O–H groups in total. The third kappa shape index (κ3) is 3.25. The summed E-state index contributed by atoms with van der Waals surface area (Å²) in [5, 5.41) is 7.02. The summed E-state index contributed by atoms with van der Waals surface area (Å²) in [5.74, 6) is 0. The maximum atomic E-state index is 5.86. The first-order valence-electron chi connectivity index (χ1n) is 5.18. The lowest BCUT2D eigenvalue weighted by Gasteiger charge is -2.42. The summed E-state index contributed by atoms with van der Waals surface area (Å²) in [6, 6.07) is 0. The Balaban J connectivity index is 2.57. The number of nitrogens with one attached hydrogen (secondary N) is 2. The number of rotatable bonds is 2. The van der Waals surface area contributed by atoms with Crippen LogP contribution in [-0.4, -0.2) is 30.7 Å². The molecule has 0 amide bonds. The van der Waals surface area contributed by atoms with Crippen LogP contribution in [0, 0.1) is 0 Å². The molecule has 3 heteroatoms. The van der Waals surface area contributed by atoms with Crippen LogP contribution < -0.4 is 16.4 Å². The first-order chi connectivity index (χ1) is 5.97. The van der Waals surface area contributed by atoms with E-state index < -0.39 is 0 Å². The molecule has 0 aliphatic carbocycles. The minimum absolute atomic E-state index is 0.163. The van der Waals surface area contributed by atoms with Gasteiger partial charge < -0.3 is 16.4 Å². The molecule has 1 aliphatic heterocycles. The van der Waals surface area contributed by atoms with E-state index in [-0.39, 0.29) is 11.1 Å². The van der Waals surface area contributed by atoms with E-state index in [0.29, 0.717) is 0 Å². The average molecular weight is 185 g/mol. The van der Waals surface area contributed by atoms with Crippen LogP contribution in [0.1, 0.15) is 33.6 Å². The zero-order valence-electron chi connectivity index (χ0n) is 9.11. The second kappa shape index (κ2) is 3.95. The Labute approximate surface area is 81.5 Å².